The summed E-state index contributed by atoms with van der Waals surface area (Å²) in [7, 11) is 0. The standard InChI is InChI=1S/C55H34/c1-3-15-42(16-4-1)55(43-17-5-2-6-18-43)50-24-10-9-20-49(50)54-48-23-12-22-46(47(48)29-30-51(54)55)41-33-38-27-25-36-31-40(32-37-26-28-39(34-41)53(38)52(36)37)45-21-11-14-35-13-7-8-19-44(35)45/h1-34H. The molecular weight excluding hydrogens is 661 g/mol. The van der Waals surface area contributed by atoms with Gasteiger partial charge in [0.15, 0.2) is 0 Å². The average Bonchev–Trinajstić information content (AvgIpc) is 3.57. The fourth-order valence-corrected chi connectivity index (χ4v) is 10.2. The van der Waals surface area contributed by atoms with E-state index in [1.54, 1.807) is 0 Å². The molecule has 0 spiro atoms. The fourth-order valence-electron chi connectivity index (χ4n) is 10.2. The van der Waals surface area contributed by atoms with Crippen LogP contribution in [0.1, 0.15) is 22.3 Å². The minimum Gasteiger partial charge on any atom is -0.0622 e. The SMILES string of the molecule is c1ccc(C2(c3ccccc3)c3ccccc3-c3c2ccc2c(-c4cc5ccc6cc(-c7cccc8ccccc78)cc7ccc(c4)c5c67)cccc32)cc1. The van der Waals surface area contributed by atoms with Gasteiger partial charge in [0.1, 0.15) is 0 Å². The van der Waals surface area contributed by atoms with Gasteiger partial charge in [-0.3, -0.25) is 0 Å². The molecule has 0 nitrogen and oxygen atoms in total. The molecule has 0 heterocycles. The third-order valence-electron chi connectivity index (χ3n) is 12.4. The van der Waals surface area contributed by atoms with E-state index in [-0.39, 0.29) is 0 Å². The van der Waals surface area contributed by atoms with Crippen molar-refractivity contribution in [3.05, 3.63) is 229 Å². The highest BCUT2D eigenvalue weighted by atomic mass is 14.5. The number of benzene rings is 11. The van der Waals surface area contributed by atoms with Gasteiger partial charge in [-0.05, 0) is 134 Å². The van der Waals surface area contributed by atoms with Gasteiger partial charge in [-0.25, -0.2) is 0 Å². The summed E-state index contributed by atoms with van der Waals surface area (Å²) in [4.78, 5) is 0. The summed E-state index contributed by atoms with van der Waals surface area (Å²) in [6.45, 7) is 0. The molecule has 0 amide bonds. The lowest BCUT2D eigenvalue weighted by Gasteiger charge is -2.34. The Labute approximate surface area is 319 Å². The Morgan fingerprint density at radius 1 is 0.273 bits per heavy atom. The Morgan fingerprint density at radius 2 is 0.745 bits per heavy atom. The molecule has 254 valence electrons. The molecule has 0 N–H and O–H groups in total. The summed E-state index contributed by atoms with van der Waals surface area (Å²) in [5, 5.41) is 12.9. The molecule has 55 heavy (non-hydrogen) atoms. The van der Waals surface area contributed by atoms with Gasteiger partial charge in [0.25, 0.3) is 0 Å². The molecule has 1 aliphatic carbocycles. The van der Waals surface area contributed by atoms with Crippen molar-refractivity contribution in [3.63, 3.8) is 0 Å². The molecular formula is C55H34. The number of fused-ring (bicyclic) bond motifs is 6. The molecule has 11 aromatic rings. The minimum atomic E-state index is -0.414. The summed E-state index contributed by atoms with van der Waals surface area (Å²) < 4.78 is 0. The van der Waals surface area contributed by atoms with Crippen LogP contribution in [0, 0.1) is 0 Å². The maximum atomic E-state index is 2.42. The van der Waals surface area contributed by atoms with E-state index >= 15 is 0 Å². The first kappa shape index (κ1) is 30.4. The summed E-state index contributed by atoms with van der Waals surface area (Å²) in [6.07, 6.45) is 0. The second-order valence-corrected chi connectivity index (χ2v) is 15.2. The van der Waals surface area contributed by atoms with Crippen molar-refractivity contribution >= 4 is 53.9 Å². The van der Waals surface area contributed by atoms with E-state index in [1.807, 2.05) is 0 Å². The zero-order chi connectivity index (χ0) is 36.1. The highest BCUT2D eigenvalue weighted by Gasteiger charge is 2.46. The van der Waals surface area contributed by atoms with Gasteiger partial charge in [-0.15, -0.1) is 0 Å². The first-order chi connectivity index (χ1) is 27.3. The second kappa shape index (κ2) is 11.5. The van der Waals surface area contributed by atoms with E-state index in [1.165, 1.54) is 109 Å². The van der Waals surface area contributed by atoms with Crippen molar-refractivity contribution < 1.29 is 0 Å². The van der Waals surface area contributed by atoms with E-state index < -0.39 is 5.41 Å². The van der Waals surface area contributed by atoms with Gasteiger partial charge in [-0.2, -0.15) is 0 Å². The van der Waals surface area contributed by atoms with Crippen LogP contribution < -0.4 is 0 Å². The predicted molar refractivity (Wildman–Crippen MR) is 233 cm³/mol. The van der Waals surface area contributed by atoms with Crippen molar-refractivity contribution in [3.8, 4) is 33.4 Å². The highest BCUT2D eigenvalue weighted by Crippen LogP contribution is 2.58. The second-order valence-electron chi connectivity index (χ2n) is 15.2. The number of hydrogen-bond donors (Lipinski definition) is 0. The third kappa shape index (κ3) is 4.23. The van der Waals surface area contributed by atoms with Crippen LogP contribution in [0.4, 0.5) is 0 Å². The van der Waals surface area contributed by atoms with E-state index in [0.29, 0.717) is 0 Å². The molecule has 0 aliphatic heterocycles. The van der Waals surface area contributed by atoms with Gasteiger partial charge < -0.3 is 0 Å². The van der Waals surface area contributed by atoms with Gasteiger partial charge in [0.05, 0.1) is 5.41 Å². The van der Waals surface area contributed by atoms with E-state index in [9.17, 15) is 0 Å². The zero-order valence-corrected chi connectivity index (χ0v) is 30.1. The Kier molecular flexibility index (Phi) is 6.36. The summed E-state index contributed by atoms with van der Waals surface area (Å²) in [5.41, 5.74) is 12.5. The molecule has 0 aromatic heterocycles. The number of rotatable bonds is 4. The lowest BCUT2D eigenvalue weighted by Crippen LogP contribution is -2.28. The Bertz CT molecular complexity index is 3190. The van der Waals surface area contributed by atoms with E-state index in [2.05, 4.69) is 206 Å². The van der Waals surface area contributed by atoms with Crippen LogP contribution in [0.3, 0.4) is 0 Å². The molecule has 0 saturated heterocycles. The summed E-state index contributed by atoms with van der Waals surface area (Å²) in [5.74, 6) is 0. The molecule has 0 atom stereocenters. The first-order valence-corrected chi connectivity index (χ1v) is 19.3. The molecule has 0 radical (unpaired) electrons. The fraction of sp³-hybridized carbons (Fsp3) is 0.0182. The van der Waals surface area contributed by atoms with Crippen molar-refractivity contribution in [1.82, 2.24) is 0 Å². The van der Waals surface area contributed by atoms with E-state index in [4.69, 9.17) is 0 Å². The topological polar surface area (TPSA) is 0 Å². The largest absolute Gasteiger partial charge is 0.0713 e. The molecule has 0 fully saturated rings. The van der Waals surface area contributed by atoms with Crippen LogP contribution in [0.5, 0.6) is 0 Å². The van der Waals surface area contributed by atoms with Crippen molar-refractivity contribution in [1.29, 1.82) is 0 Å². The van der Waals surface area contributed by atoms with Crippen LogP contribution in [-0.2, 0) is 5.41 Å². The Balaban J connectivity index is 1.06. The third-order valence-corrected chi connectivity index (χ3v) is 12.4. The monoisotopic (exact) mass is 694 g/mol. The van der Waals surface area contributed by atoms with Gasteiger partial charge in [0, 0.05) is 0 Å². The Hall–Kier alpha value is -7.02. The maximum Gasteiger partial charge on any atom is 0.0713 e. The van der Waals surface area contributed by atoms with E-state index in [0.717, 1.165) is 0 Å². The summed E-state index contributed by atoms with van der Waals surface area (Å²) in [6, 6.07) is 77.1. The predicted octanol–water partition coefficient (Wildman–Crippen LogP) is 14.6. The number of hydrogen-bond acceptors (Lipinski definition) is 0. The first-order valence-electron chi connectivity index (χ1n) is 19.3. The van der Waals surface area contributed by atoms with Crippen molar-refractivity contribution in [2.24, 2.45) is 0 Å². The van der Waals surface area contributed by atoms with Crippen molar-refractivity contribution in [2.45, 2.75) is 5.41 Å². The normalized spacial score (nSPS) is 13.2. The molecule has 0 saturated carbocycles. The van der Waals surface area contributed by atoms with Crippen molar-refractivity contribution in [2.75, 3.05) is 0 Å². The van der Waals surface area contributed by atoms with Gasteiger partial charge in [0.2, 0.25) is 0 Å². The maximum absolute atomic E-state index is 2.42. The van der Waals surface area contributed by atoms with Gasteiger partial charge >= 0.3 is 0 Å². The smallest absolute Gasteiger partial charge is 0.0622 e. The minimum absolute atomic E-state index is 0.414. The van der Waals surface area contributed by atoms with Crippen LogP contribution in [0.15, 0.2) is 206 Å². The molecule has 12 rings (SSSR count). The molecule has 11 aromatic carbocycles. The van der Waals surface area contributed by atoms with Gasteiger partial charge in [-0.1, -0.05) is 182 Å². The highest BCUT2D eigenvalue weighted by molar-refractivity contribution is 6.25. The molecule has 0 bridgehead atoms. The van der Waals surface area contributed by atoms with Crippen LogP contribution in [-0.4, -0.2) is 0 Å². The lowest BCUT2D eigenvalue weighted by molar-refractivity contribution is 0.769. The van der Waals surface area contributed by atoms with Crippen LogP contribution in [0.2, 0.25) is 0 Å². The summed E-state index contributed by atoms with van der Waals surface area (Å²) >= 11 is 0. The van der Waals surface area contributed by atoms with Crippen LogP contribution >= 0.6 is 0 Å². The molecule has 1 aliphatic rings. The quantitative estimate of drug-likeness (QED) is 0.161. The molecule has 0 unspecified atom stereocenters. The zero-order valence-electron chi connectivity index (χ0n) is 30.1. The molecule has 0 heteroatoms. The lowest BCUT2D eigenvalue weighted by atomic mass is 9.67. The van der Waals surface area contributed by atoms with Crippen LogP contribution in [0.25, 0.3) is 87.2 Å². The Morgan fingerprint density at radius 3 is 1.38 bits per heavy atom. The average molecular weight is 695 g/mol.